The molecule has 0 rings (SSSR count). The van der Waals surface area contributed by atoms with E-state index in [1.807, 2.05) is 0 Å². The SMILES string of the molecule is CC(=O)C(=O)OC(O)C(C)=O.O=P(O)(O)O. The fraction of sp³-hybridized carbons (Fsp3) is 0.500. The summed E-state index contributed by atoms with van der Waals surface area (Å²) in [6.07, 6.45) is -1.83. The van der Waals surface area contributed by atoms with Crippen molar-refractivity contribution in [1.29, 1.82) is 0 Å². The first kappa shape index (κ1) is 17.3. The number of ketones is 2. The van der Waals surface area contributed by atoms with Crippen molar-refractivity contribution in [2.45, 2.75) is 20.1 Å². The van der Waals surface area contributed by atoms with Gasteiger partial charge in [0.1, 0.15) is 0 Å². The van der Waals surface area contributed by atoms with E-state index < -0.39 is 31.6 Å². The molecule has 0 aliphatic heterocycles. The molecule has 0 fully saturated rings. The summed E-state index contributed by atoms with van der Waals surface area (Å²) in [5.74, 6) is -2.79. The molecule has 16 heavy (non-hydrogen) atoms. The highest BCUT2D eigenvalue weighted by Gasteiger charge is 2.18. The highest BCUT2D eigenvalue weighted by Crippen LogP contribution is 2.25. The monoisotopic (exact) mass is 258 g/mol. The molecule has 0 aromatic heterocycles. The van der Waals surface area contributed by atoms with Gasteiger partial charge < -0.3 is 24.5 Å². The first-order valence-electron chi connectivity index (χ1n) is 3.63. The van der Waals surface area contributed by atoms with Crippen LogP contribution in [-0.2, 0) is 23.7 Å². The Kier molecular flexibility index (Phi) is 7.78. The smallest absolute Gasteiger partial charge is 0.422 e. The predicted octanol–water partition coefficient (Wildman–Crippen LogP) is -1.90. The van der Waals surface area contributed by atoms with Crippen LogP contribution in [0, 0.1) is 0 Å². The molecule has 0 radical (unpaired) electrons. The lowest BCUT2D eigenvalue weighted by Gasteiger charge is -2.05. The maximum atomic E-state index is 10.4. The Morgan fingerprint density at radius 2 is 1.44 bits per heavy atom. The maximum Gasteiger partial charge on any atom is 0.466 e. The van der Waals surface area contributed by atoms with Crippen molar-refractivity contribution >= 4 is 25.4 Å². The Hall–Kier alpha value is -1.12. The second-order valence-electron chi connectivity index (χ2n) is 2.44. The standard InChI is InChI=1S/C6H8O5.H3O4P/c1-3(7)5(9)11-6(10)4(2)8;1-5(2,3)4/h5,9H,1-2H3;(H3,1,2,3,4). The van der Waals surface area contributed by atoms with E-state index in [1.165, 1.54) is 0 Å². The first-order valence-corrected chi connectivity index (χ1v) is 5.20. The highest BCUT2D eigenvalue weighted by atomic mass is 31.2. The topological polar surface area (TPSA) is 158 Å². The van der Waals surface area contributed by atoms with E-state index in [0.717, 1.165) is 13.8 Å². The third-order valence-electron chi connectivity index (χ3n) is 0.854. The molecule has 9 nitrogen and oxygen atoms in total. The Morgan fingerprint density at radius 3 is 1.62 bits per heavy atom. The van der Waals surface area contributed by atoms with Crippen LogP contribution >= 0.6 is 7.82 Å². The van der Waals surface area contributed by atoms with E-state index in [9.17, 15) is 14.4 Å². The average molecular weight is 258 g/mol. The van der Waals surface area contributed by atoms with Crippen molar-refractivity contribution < 1.29 is 43.5 Å². The van der Waals surface area contributed by atoms with Crippen molar-refractivity contribution in [2.24, 2.45) is 0 Å². The van der Waals surface area contributed by atoms with Gasteiger partial charge in [-0.1, -0.05) is 0 Å². The van der Waals surface area contributed by atoms with Gasteiger partial charge in [0.05, 0.1) is 0 Å². The molecular weight excluding hydrogens is 247 g/mol. The van der Waals surface area contributed by atoms with E-state index >= 15 is 0 Å². The van der Waals surface area contributed by atoms with Crippen LogP contribution in [-0.4, -0.2) is 43.6 Å². The van der Waals surface area contributed by atoms with Crippen LogP contribution in [0.15, 0.2) is 0 Å². The summed E-state index contributed by atoms with van der Waals surface area (Å²) in [5.41, 5.74) is 0. The van der Waals surface area contributed by atoms with E-state index in [1.54, 1.807) is 0 Å². The fourth-order valence-electron chi connectivity index (χ4n) is 0.267. The van der Waals surface area contributed by atoms with E-state index in [0.29, 0.717) is 0 Å². The van der Waals surface area contributed by atoms with Gasteiger partial charge in [0.15, 0.2) is 5.78 Å². The van der Waals surface area contributed by atoms with Gasteiger partial charge in [-0.05, 0) is 0 Å². The third kappa shape index (κ3) is 15.4. The number of phosphoric acid groups is 1. The van der Waals surface area contributed by atoms with Gasteiger partial charge in [-0.15, -0.1) is 0 Å². The summed E-state index contributed by atoms with van der Waals surface area (Å²) in [6, 6.07) is 0. The van der Waals surface area contributed by atoms with Crippen LogP contribution in [0.1, 0.15) is 13.8 Å². The number of rotatable bonds is 3. The zero-order chi connectivity index (χ0) is 13.5. The van der Waals surface area contributed by atoms with Crippen LogP contribution in [0.5, 0.6) is 0 Å². The number of carbonyl (C=O) groups excluding carboxylic acids is 3. The number of hydrogen-bond acceptors (Lipinski definition) is 6. The molecule has 4 N–H and O–H groups in total. The summed E-state index contributed by atoms with van der Waals surface area (Å²) in [6.45, 7) is 2.02. The van der Waals surface area contributed by atoms with Gasteiger partial charge in [-0.2, -0.15) is 0 Å². The lowest BCUT2D eigenvalue weighted by molar-refractivity contribution is -0.176. The summed E-state index contributed by atoms with van der Waals surface area (Å²) in [4.78, 5) is 52.4. The van der Waals surface area contributed by atoms with Gasteiger partial charge in [0, 0.05) is 13.8 Å². The van der Waals surface area contributed by atoms with E-state index in [-0.39, 0.29) is 0 Å². The first-order chi connectivity index (χ1) is 6.95. The second kappa shape index (κ2) is 7.20. The molecule has 0 aromatic rings. The minimum atomic E-state index is -4.64. The Balaban J connectivity index is 0. The molecule has 0 amide bonds. The molecule has 10 heteroatoms. The minimum Gasteiger partial charge on any atom is -0.422 e. The van der Waals surface area contributed by atoms with Crippen molar-refractivity contribution in [3.63, 3.8) is 0 Å². The normalized spacial score (nSPS) is 11.9. The molecule has 0 saturated heterocycles. The molecule has 0 saturated carbocycles. The molecule has 1 unspecified atom stereocenters. The van der Waals surface area contributed by atoms with Crippen molar-refractivity contribution in [2.75, 3.05) is 0 Å². The second-order valence-corrected chi connectivity index (χ2v) is 3.46. The summed E-state index contributed by atoms with van der Waals surface area (Å²) < 4.78 is 12.9. The molecule has 0 aromatic carbocycles. The Bertz CT molecular complexity index is 308. The summed E-state index contributed by atoms with van der Waals surface area (Å²) in [5, 5.41) is 8.60. The van der Waals surface area contributed by atoms with Crippen LogP contribution in [0.4, 0.5) is 0 Å². The molecule has 94 valence electrons. The number of esters is 1. The quantitative estimate of drug-likeness (QED) is 0.196. The Labute approximate surface area is 89.9 Å². The Morgan fingerprint density at radius 1 is 1.12 bits per heavy atom. The van der Waals surface area contributed by atoms with E-state index in [4.69, 9.17) is 24.4 Å². The molecule has 0 spiro atoms. The van der Waals surface area contributed by atoms with Crippen LogP contribution in [0.3, 0.4) is 0 Å². The number of carbonyl (C=O) groups is 3. The molecule has 1 atom stereocenters. The fourth-order valence-corrected chi connectivity index (χ4v) is 0.267. The van der Waals surface area contributed by atoms with Crippen LogP contribution < -0.4 is 0 Å². The number of ether oxygens (including phenoxy) is 1. The van der Waals surface area contributed by atoms with E-state index in [2.05, 4.69) is 4.74 Å². The van der Waals surface area contributed by atoms with Crippen molar-refractivity contribution in [1.82, 2.24) is 0 Å². The lowest BCUT2D eigenvalue weighted by atomic mass is 10.4. The molecule has 0 aliphatic rings. The summed E-state index contributed by atoms with van der Waals surface area (Å²) in [7, 11) is -4.64. The van der Waals surface area contributed by atoms with Gasteiger partial charge >= 0.3 is 13.8 Å². The van der Waals surface area contributed by atoms with Gasteiger partial charge in [0.25, 0.3) is 6.29 Å². The average Bonchev–Trinajstić information content (AvgIpc) is 2.00. The number of aliphatic hydroxyl groups excluding tert-OH is 1. The number of hydrogen-bond donors (Lipinski definition) is 4. The van der Waals surface area contributed by atoms with Crippen molar-refractivity contribution in [3.05, 3.63) is 0 Å². The zero-order valence-corrected chi connectivity index (χ0v) is 9.25. The predicted molar refractivity (Wildman–Crippen MR) is 47.7 cm³/mol. The molecular formula is C6H11O9P. The van der Waals surface area contributed by atoms with Gasteiger partial charge in [-0.25, -0.2) is 9.36 Å². The summed E-state index contributed by atoms with van der Waals surface area (Å²) >= 11 is 0. The third-order valence-corrected chi connectivity index (χ3v) is 0.854. The van der Waals surface area contributed by atoms with Crippen LogP contribution in [0.2, 0.25) is 0 Å². The largest absolute Gasteiger partial charge is 0.466 e. The molecule has 0 bridgehead atoms. The zero-order valence-electron chi connectivity index (χ0n) is 8.35. The number of aliphatic hydroxyl groups is 1. The minimum absolute atomic E-state index is 0.723. The lowest BCUT2D eigenvalue weighted by Crippen LogP contribution is -2.27. The van der Waals surface area contributed by atoms with Gasteiger partial charge in [-0.3, -0.25) is 9.59 Å². The van der Waals surface area contributed by atoms with Gasteiger partial charge in [0.2, 0.25) is 5.78 Å². The highest BCUT2D eigenvalue weighted by molar-refractivity contribution is 7.45. The molecule has 0 aliphatic carbocycles. The van der Waals surface area contributed by atoms with Crippen LogP contribution in [0.25, 0.3) is 0 Å². The number of Topliss-reactive ketones (excluding diaryl/α,β-unsaturated/α-hetero) is 2. The van der Waals surface area contributed by atoms with Crippen molar-refractivity contribution in [3.8, 4) is 0 Å². The molecule has 0 heterocycles. The maximum absolute atomic E-state index is 10.4.